The fourth-order valence-corrected chi connectivity index (χ4v) is 2.87. The Hall–Kier alpha value is -1.77. The zero-order valence-corrected chi connectivity index (χ0v) is 14.7. The van der Waals surface area contributed by atoms with Gasteiger partial charge in [0.2, 0.25) is 5.82 Å². The largest absolute Gasteiger partial charge is 0.349 e. The Bertz CT molecular complexity index is 717. The number of nitrogens with zero attached hydrogens (tertiary/aromatic N) is 5. The van der Waals surface area contributed by atoms with Crippen molar-refractivity contribution in [3.05, 3.63) is 24.0 Å². The standard InChI is InChI=1S/C16H22N6OS/c1-21-7-9-22(10-8-21)6-2-5-17-16(23)15-18-14-11-12(24)3-4-13(14)19-20-15/h3-4,11,24H,2,5-10H2,1H3,(H,17,23). The van der Waals surface area contributed by atoms with Crippen molar-refractivity contribution in [3.63, 3.8) is 0 Å². The van der Waals surface area contributed by atoms with E-state index in [1.165, 1.54) is 0 Å². The first kappa shape index (κ1) is 17.1. The second-order valence-corrected chi connectivity index (χ2v) is 6.58. The fourth-order valence-electron chi connectivity index (χ4n) is 2.67. The highest BCUT2D eigenvalue weighted by molar-refractivity contribution is 7.80. The lowest BCUT2D eigenvalue weighted by Crippen LogP contribution is -2.45. The molecule has 0 atom stereocenters. The Kier molecular flexibility index (Phi) is 5.60. The van der Waals surface area contributed by atoms with E-state index in [1.807, 2.05) is 6.07 Å². The van der Waals surface area contributed by atoms with E-state index in [0.717, 1.165) is 44.0 Å². The minimum absolute atomic E-state index is 0.0982. The predicted molar refractivity (Wildman–Crippen MR) is 95.5 cm³/mol. The molecule has 1 aliphatic rings. The lowest BCUT2D eigenvalue weighted by Gasteiger charge is -2.32. The second kappa shape index (κ2) is 7.87. The molecule has 1 N–H and O–H groups in total. The molecule has 0 bridgehead atoms. The summed E-state index contributed by atoms with van der Waals surface area (Å²) >= 11 is 4.27. The van der Waals surface area contributed by atoms with Crippen LogP contribution < -0.4 is 5.32 Å². The molecule has 0 aliphatic carbocycles. The van der Waals surface area contributed by atoms with Gasteiger partial charge in [0.1, 0.15) is 5.52 Å². The molecule has 1 aliphatic heterocycles. The van der Waals surface area contributed by atoms with Gasteiger partial charge in [-0.15, -0.1) is 22.8 Å². The molecule has 1 aromatic carbocycles. The molecule has 0 spiro atoms. The van der Waals surface area contributed by atoms with Crippen LogP contribution in [0.5, 0.6) is 0 Å². The highest BCUT2D eigenvalue weighted by Gasteiger charge is 2.14. The van der Waals surface area contributed by atoms with E-state index in [2.05, 4.69) is 50.0 Å². The molecule has 1 saturated heterocycles. The van der Waals surface area contributed by atoms with Gasteiger partial charge in [0, 0.05) is 37.6 Å². The quantitative estimate of drug-likeness (QED) is 0.613. The summed E-state index contributed by atoms with van der Waals surface area (Å²) in [7, 11) is 2.14. The molecule has 128 valence electrons. The number of thiol groups is 1. The summed E-state index contributed by atoms with van der Waals surface area (Å²) in [4.78, 5) is 22.0. The van der Waals surface area contributed by atoms with Crippen LogP contribution in [-0.4, -0.2) is 77.2 Å². The maximum atomic E-state index is 12.2. The van der Waals surface area contributed by atoms with E-state index in [4.69, 9.17) is 0 Å². The number of carbonyl (C=O) groups excluding carboxylic acids is 1. The summed E-state index contributed by atoms with van der Waals surface area (Å²) in [5.74, 6) is -0.187. The molecule has 1 aromatic heterocycles. The summed E-state index contributed by atoms with van der Waals surface area (Å²) in [6.45, 7) is 6.00. The summed E-state index contributed by atoms with van der Waals surface area (Å²) in [6.07, 6.45) is 0.914. The number of carbonyl (C=O) groups is 1. The predicted octanol–water partition coefficient (Wildman–Crippen LogP) is 0.681. The maximum Gasteiger partial charge on any atom is 0.291 e. The average Bonchev–Trinajstić information content (AvgIpc) is 2.59. The molecular weight excluding hydrogens is 324 g/mol. The molecule has 24 heavy (non-hydrogen) atoms. The van der Waals surface area contributed by atoms with Gasteiger partial charge in [-0.1, -0.05) is 0 Å². The number of aromatic nitrogens is 3. The molecule has 8 heteroatoms. The van der Waals surface area contributed by atoms with Crippen LogP contribution in [0.4, 0.5) is 0 Å². The fraction of sp³-hybridized carbons (Fsp3) is 0.500. The van der Waals surface area contributed by atoms with Crippen LogP contribution >= 0.6 is 12.6 Å². The van der Waals surface area contributed by atoms with Crippen molar-refractivity contribution in [3.8, 4) is 0 Å². The van der Waals surface area contributed by atoms with Gasteiger partial charge in [-0.2, -0.15) is 0 Å². The van der Waals surface area contributed by atoms with E-state index in [0.29, 0.717) is 17.6 Å². The van der Waals surface area contributed by atoms with Gasteiger partial charge >= 0.3 is 0 Å². The number of amides is 1. The zero-order chi connectivity index (χ0) is 16.9. The minimum atomic E-state index is -0.285. The smallest absolute Gasteiger partial charge is 0.291 e. The second-order valence-electron chi connectivity index (χ2n) is 6.06. The SMILES string of the molecule is CN1CCN(CCCNC(=O)c2nnc3ccc(S)cc3n2)CC1. The van der Waals surface area contributed by atoms with E-state index in [9.17, 15) is 4.79 Å². The molecular formula is C16H22N6OS. The van der Waals surface area contributed by atoms with Gasteiger partial charge in [0.25, 0.3) is 5.91 Å². The topological polar surface area (TPSA) is 74.2 Å². The molecule has 2 aromatic rings. The number of piperazine rings is 1. The number of nitrogens with one attached hydrogen (secondary N) is 1. The van der Waals surface area contributed by atoms with E-state index in [1.54, 1.807) is 12.1 Å². The Morgan fingerprint density at radius 2 is 2.00 bits per heavy atom. The molecule has 1 amide bonds. The Labute approximate surface area is 146 Å². The summed E-state index contributed by atoms with van der Waals surface area (Å²) in [5, 5.41) is 10.8. The zero-order valence-electron chi connectivity index (χ0n) is 13.8. The van der Waals surface area contributed by atoms with Crippen LogP contribution in [-0.2, 0) is 0 Å². The van der Waals surface area contributed by atoms with Crippen molar-refractivity contribution in [1.29, 1.82) is 0 Å². The van der Waals surface area contributed by atoms with Gasteiger partial charge in [-0.3, -0.25) is 4.79 Å². The Morgan fingerprint density at radius 1 is 1.21 bits per heavy atom. The molecule has 1 fully saturated rings. The summed E-state index contributed by atoms with van der Waals surface area (Å²) in [6, 6.07) is 5.38. The van der Waals surface area contributed by atoms with Crippen LogP contribution in [0.1, 0.15) is 17.0 Å². The Morgan fingerprint density at radius 3 is 2.79 bits per heavy atom. The van der Waals surface area contributed by atoms with Gasteiger partial charge in [0.05, 0.1) is 5.52 Å². The molecule has 0 unspecified atom stereocenters. The van der Waals surface area contributed by atoms with Crippen molar-refractivity contribution in [1.82, 2.24) is 30.3 Å². The number of benzene rings is 1. The van der Waals surface area contributed by atoms with Crippen molar-refractivity contribution >= 4 is 29.6 Å². The number of fused-ring (bicyclic) bond motifs is 1. The van der Waals surface area contributed by atoms with Crippen LogP contribution in [0.25, 0.3) is 11.0 Å². The first-order valence-corrected chi connectivity index (χ1v) is 8.59. The van der Waals surface area contributed by atoms with Gasteiger partial charge in [-0.05, 0) is 38.2 Å². The molecule has 0 saturated carbocycles. The van der Waals surface area contributed by atoms with Crippen molar-refractivity contribution in [2.75, 3.05) is 46.3 Å². The summed E-state index contributed by atoms with van der Waals surface area (Å²) in [5.41, 5.74) is 1.28. The molecule has 3 rings (SSSR count). The lowest BCUT2D eigenvalue weighted by atomic mass is 10.3. The van der Waals surface area contributed by atoms with E-state index >= 15 is 0 Å². The third kappa shape index (κ3) is 4.40. The monoisotopic (exact) mass is 346 g/mol. The molecule has 2 heterocycles. The normalized spacial score (nSPS) is 16.4. The third-order valence-electron chi connectivity index (χ3n) is 4.17. The first-order chi connectivity index (χ1) is 11.6. The van der Waals surface area contributed by atoms with Crippen LogP contribution in [0.3, 0.4) is 0 Å². The van der Waals surface area contributed by atoms with Gasteiger partial charge in [0.15, 0.2) is 0 Å². The van der Waals surface area contributed by atoms with E-state index < -0.39 is 0 Å². The van der Waals surface area contributed by atoms with Crippen molar-refractivity contribution < 1.29 is 4.79 Å². The van der Waals surface area contributed by atoms with Crippen LogP contribution in [0.15, 0.2) is 23.1 Å². The highest BCUT2D eigenvalue weighted by atomic mass is 32.1. The number of hydrogen-bond acceptors (Lipinski definition) is 7. The van der Waals surface area contributed by atoms with Crippen LogP contribution in [0.2, 0.25) is 0 Å². The number of hydrogen-bond donors (Lipinski definition) is 2. The summed E-state index contributed by atoms with van der Waals surface area (Å²) < 4.78 is 0. The average molecular weight is 346 g/mol. The Balaban J connectivity index is 1.48. The van der Waals surface area contributed by atoms with Crippen molar-refractivity contribution in [2.45, 2.75) is 11.3 Å². The van der Waals surface area contributed by atoms with E-state index in [-0.39, 0.29) is 11.7 Å². The molecule has 7 nitrogen and oxygen atoms in total. The minimum Gasteiger partial charge on any atom is -0.349 e. The van der Waals surface area contributed by atoms with Gasteiger partial charge < -0.3 is 15.1 Å². The van der Waals surface area contributed by atoms with Gasteiger partial charge in [-0.25, -0.2) is 4.98 Å². The highest BCUT2D eigenvalue weighted by Crippen LogP contribution is 2.13. The molecule has 0 radical (unpaired) electrons. The van der Waals surface area contributed by atoms with Crippen molar-refractivity contribution in [2.24, 2.45) is 0 Å². The third-order valence-corrected chi connectivity index (χ3v) is 4.45. The maximum absolute atomic E-state index is 12.2. The first-order valence-electron chi connectivity index (χ1n) is 8.14. The number of rotatable bonds is 5. The number of likely N-dealkylation sites (N-methyl/N-ethyl adjacent to an activating group) is 1. The van der Waals surface area contributed by atoms with Crippen LogP contribution in [0, 0.1) is 0 Å². The lowest BCUT2D eigenvalue weighted by molar-refractivity contribution is 0.0938.